The first-order chi connectivity index (χ1) is 9.69. The SMILES string of the molecule is O=Cc1cc(Br)ccc1OCC(=O)Nc1ccccc1. The Labute approximate surface area is 124 Å². The third kappa shape index (κ3) is 3.93. The minimum Gasteiger partial charge on any atom is -0.483 e. The second-order valence-corrected chi connectivity index (χ2v) is 4.92. The van der Waals surface area contributed by atoms with Crippen molar-refractivity contribution >= 4 is 33.8 Å². The molecule has 0 bridgehead atoms. The Morgan fingerprint density at radius 2 is 1.95 bits per heavy atom. The predicted octanol–water partition coefficient (Wildman–Crippen LogP) is 3.28. The van der Waals surface area contributed by atoms with Gasteiger partial charge in [0.25, 0.3) is 5.91 Å². The van der Waals surface area contributed by atoms with Crippen LogP contribution in [-0.4, -0.2) is 18.8 Å². The number of carbonyl (C=O) groups is 2. The zero-order valence-corrected chi connectivity index (χ0v) is 12.1. The normalized spacial score (nSPS) is 9.85. The van der Waals surface area contributed by atoms with Crippen molar-refractivity contribution in [1.82, 2.24) is 0 Å². The summed E-state index contributed by atoms with van der Waals surface area (Å²) in [6.45, 7) is -0.155. The quantitative estimate of drug-likeness (QED) is 0.854. The van der Waals surface area contributed by atoms with Crippen molar-refractivity contribution in [1.29, 1.82) is 0 Å². The highest BCUT2D eigenvalue weighted by Gasteiger charge is 2.07. The standard InChI is InChI=1S/C15H12BrNO3/c16-12-6-7-14(11(8-12)9-18)20-10-15(19)17-13-4-2-1-3-5-13/h1-9H,10H2,(H,17,19). The van der Waals surface area contributed by atoms with Gasteiger partial charge in [-0.15, -0.1) is 0 Å². The van der Waals surface area contributed by atoms with Gasteiger partial charge in [0.05, 0.1) is 5.56 Å². The number of benzene rings is 2. The molecule has 2 aromatic rings. The molecule has 2 rings (SSSR count). The van der Waals surface area contributed by atoms with E-state index in [2.05, 4.69) is 21.2 Å². The molecule has 0 aliphatic heterocycles. The van der Waals surface area contributed by atoms with E-state index in [1.54, 1.807) is 30.3 Å². The molecular weight excluding hydrogens is 322 g/mol. The van der Waals surface area contributed by atoms with Crippen molar-refractivity contribution in [3.8, 4) is 5.75 Å². The highest BCUT2D eigenvalue weighted by molar-refractivity contribution is 9.10. The van der Waals surface area contributed by atoms with Crippen molar-refractivity contribution in [3.63, 3.8) is 0 Å². The molecule has 0 radical (unpaired) electrons. The van der Waals surface area contributed by atoms with Crippen LogP contribution in [-0.2, 0) is 4.79 Å². The molecule has 0 heterocycles. The Kier molecular flexibility index (Phi) is 4.90. The number of rotatable bonds is 5. The maximum absolute atomic E-state index is 11.7. The van der Waals surface area contributed by atoms with E-state index in [4.69, 9.17) is 4.74 Å². The summed E-state index contributed by atoms with van der Waals surface area (Å²) in [5.41, 5.74) is 1.10. The summed E-state index contributed by atoms with van der Waals surface area (Å²) in [7, 11) is 0. The van der Waals surface area contributed by atoms with Crippen LogP contribution in [0.1, 0.15) is 10.4 Å². The summed E-state index contributed by atoms with van der Waals surface area (Å²) in [5.74, 6) is 0.0994. The molecule has 0 atom stereocenters. The molecule has 0 spiro atoms. The number of anilines is 1. The van der Waals surface area contributed by atoms with E-state index in [1.807, 2.05) is 18.2 Å². The Bertz CT molecular complexity index is 614. The van der Waals surface area contributed by atoms with Crippen molar-refractivity contribution < 1.29 is 14.3 Å². The van der Waals surface area contributed by atoms with Gasteiger partial charge < -0.3 is 10.1 Å². The van der Waals surface area contributed by atoms with Crippen LogP contribution in [0.3, 0.4) is 0 Å². The van der Waals surface area contributed by atoms with Crippen LogP contribution in [0.5, 0.6) is 5.75 Å². The number of ether oxygens (including phenoxy) is 1. The molecule has 20 heavy (non-hydrogen) atoms. The van der Waals surface area contributed by atoms with Crippen molar-refractivity contribution in [2.75, 3.05) is 11.9 Å². The maximum Gasteiger partial charge on any atom is 0.262 e. The third-order valence-electron chi connectivity index (χ3n) is 2.52. The van der Waals surface area contributed by atoms with E-state index in [0.717, 1.165) is 4.47 Å². The van der Waals surface area contributed by atoms with Crippen LogP contribution in [0.15, 0.2) is 53.0 Å². The van der Waals surface area contributed by atoms with Crippen LogP contribution >= 0.6 is 15.9 Å². The number of halogens is 1. The number of nitrogens with one attached hydrogen (secondary N) is 1. The number of carbonyl (C=O) groups excluding carboxylic acids is 2. The summed E-state index contributed by atoms with van der Waals surface area (Å²) in [6.07, 6.45) is 0.690. The van der Waals surface area contributed by atoms with E-state index < -0.39 is 0 Å². The Morgan fingerprint density at radius 3 is 2.65 bits per heavy atom. The summed E-state index contributed by atoms with van der Waals surface area (Å²) in [5, 5.41) is 2.70. The fourth-order valence-corrected chi connectivity index (χ4v) is 1.98. The van der Waals surface area contributed by atoms with Crippen LogP contribution in [0, 0.1) is 0 Å². The molecule has 2 aromatic carbocycles. The predicted molar refractivity (Wildman–Crippen MR) is 80.1 cm³/mol. The molecule has 0 saturated carbocycles. The maximum atomic E-state index is 11.7. The topological polar surface area (TPSA) is 55.4 Å². The lowest BCUT2D eigenvalue weighted by Gasteiger charge is -2.09. The second kappa shape index (κ2) is 6.86. The summed E-state index contributed by atoms with van der Waals surface area (Å²) in [4.78, 5) is 22.6. The first-order valence-corrected chi connectivity index (χ1v) is 6.71. The lowest BCUT2D eigenvalue weighted by Crippen LogP contribution is -2.20. The lowest BCUT2D eigenvalue weighted by atomic mass is 10.2. The second-order valence-electron chi connectivity index (χ2n) is 4.00. The number of para-hydroxylation sites is 1. The minimum atomic E-state index is -0.282. The number of hydrogen-bond acceptors (Lipinski definition) is 3. The highest BCUT2D eigenvalue weighted by atomic mass is 79.9. The summed E-state index contributed by atoms with van der Waals surface area (Å²) in [6, 6.07) is 14.1. The lowest BCUT2D eigenvalue weighted by molar-refractivity contribution is -0.118. The van der Waals surface area contributed by atoms with Crippen molar-refractivity contribution in [2.45, 2.75) is 0 Å². The van der Waals surface area contributed by atoms with Gasteiger partial charge in [-0.05, 0) is 30.3 Å². The van der Waals surface area contributed by atoms with Gasteiger partial charge in [0.2, 0.25) is 0 Å². The molecule has 0 aromatic heterocycles. The Balaban J connectivity index is 1.95. The van der Waals surface area contributed by atoms with E-state index in [9.17, 15) is 9.59 Å². The number of hydrogen-bond donors (Lipinski definition) is 1. The van der Waals surface area contributed by atoms with Crippen LogP contribution in [0.2, 0.25) is 0 Å². The van der Waals surface area contributed by atoms with Gasteiger partial charge in [-0.25, -0.2) is 0 Å². The van der Waals surface area contributed by atoms with Gasteiger partial charge >= 0.3 is 0 Å². The molecule has 1 N–H and O–H groups in total. The zero-order chi connectivity index (χ0) is 14.4. The first kappa shape index (κ1) is 14.3. The number of amides is 1. The zero-order valence-electron chi connectivity index (χ0n) is 10.5. The van der Waals surface area contributed by atoms with Gasteiger partial charge in [0, 0.05) is 10.2 Å². The van der Waals surface area contributed by atoms with Crippen LogP contribution < -0.4 is 10.1 Å². The van der Waals surface area contributed by atoms with E-state index in [1.165, 1.54) is 0 Å². The minimum absolute atomic E-state index is 0.155. The summed E-state index contributed by atoms with van der Waals surface area (Å²) >= 11 is 3.27. The Hall–Kier alpha value is -2.14. The smallest absolute Gasteiger partial charge is 0.262 e. The van der Waals surface area contributed by atoms with Crippen molar-refractivity contribution in [2.24, 2.45) is 0 Å². The molecule has 102 valence electrons. The van der Waals surface area contributed by atoms with Crippen LogP contribution in [0.25, 0.3) is 0 Å². The van der Waals surface area contributed by atoms with E-state index >= 15 is 0 Å². The fourth-order valence-electron chi connectivity index (χ4n) is 1.60. The molecule has 5 heteroatoms. The molecule has 0 fully saturated rings. The Morgan fingerprint density at radius 1 is 1.20 bits per heavy atom. The molecule has 0 unspecified atom stereocenters. The molecule has 0 aliphatic carbocycles. The summed E-state index contributed by atoms with van der Waals surface area (Å²) < 4.78 is 6.13. The first-order valence-electron chi connectivity index (χ1n) is 5.91. The monoisotopic (exact) mass is 333 g/mol. The van der Waals surface area contributed by atoms with Gasteiger partial charge in [0.1, 0.15) is 5.75 Å². The van der Waals surface area contributed by atoms with E-state index in [-0.39, 0.29) is 12.5 Å². The molecular formula is C15H12BrNO3. The van der Waals surface area contributed by atoms with E-state index in [0.29, 0.717) is 23.3 Å². The van der Waals surface area contributed by atoms with Crippen LogP contribution in [0.4, 0.5) is 5.69 Å². The fraction of sp³-hybridized carbons (Fsp3) is 0.0667. The van der Waals surface area contributed by atoms with Crippen molar-refractivity contribution in [3.05, 3.63) is 58.6 Å². The third-order valence-corrected chi connectivity index (χ3v) is 3.01. The molecule has 0 saturated heterocycles. The molecule has 4 nitrogen and oxygen atoms in total. The average Bonchev–Trinajstić information content (AvgIpc) is 2.47. The molecule has 0 aliphatic rings. The highest BCUT2D eigenvalue weighted by Crippen LogP contribution is 2.21. The van der Waals surface area contributed by atoms with Gasteiger partial charge in [-0.3, -0.25) is 9.59 Å². The largest absolute Gasteiger partial charge is 0.483 e. The van der Waals surface area contributed by atoms with Gasteiger partial charge in [-0.1, -0.05) is 34.1 Å². The molecule has 1 amide bonds. The average molecular weight is 334 g/mol. The van der Waals surface area contributed by atoms with Gasteiger partial charge in [0.15, 0.2) is 12.9 Å². The number of aldehydes is 1. The van der Waals surface area contributed by atoms with Gasteiger partial charge in [-0.2, -0.15) is 0 Å².